The van der Waals surface area contributed by atoms with Crippen LogP contribution in [0.5, 0.6) is 11.5 Å². The highest BCUT2D eigenvalue weighted by Gasteiger charge is 2.27. The van der Waals surface area contributed by atoms with Gasteiger partial charge >= 0.3 is 0 Å². The highest BCUT2D eigenvalue weighted by atomic mass is 16.7. The maximum absolute atomic E-state index is 13.2. The number of phenolic OH excluding ortho intramolecular Hbond substituents is 1. The molecule has 0 radical (unpaired) electrons. The molecule has 5 rings (SSSR count). The van der Waals surface area contributed by atoms with Crippen molar-refractivity contribution in [1.29, 1.82) is 0 Å². The van der Waals surface area contributed by atoms with E-state index in [-0.39, 0.29) is 40.6 Å². The zero-order chi connectivity index (χ0) is 21.2. The molecule has 1 saturated heterocycles. The Morgan fingerprint density at radius 1 is 1.13 bits per heavy atom. The zero-order valence-electron chi connectivity index (χ0n) is 16.5. The molecule has 0 spiro atoms. The number of ether oxygens (including phenoxy) is 5. The molecular formula is C23H20O8. The van der Waals surface area contributed by atoms with E-state index < -0.39 is 11.7 Å². The Morgan fingerprint density at radius 3 is 2.77 bits per heavy atom. The van der Waals surface area contributed by atoms with Gasteiger partial charge < -0.3 is 33.2 Å². The fourth-order valence-corrected chi connectivity index (χ4v) is 3.49. The highest BCUT2D eigenvalue weighted by molar-refractivity contribution is 5.81. The molecule has 160 valence electrons. The molecule has 1 N–H and O–H groups in total. The predicted molar refractivity (Wildman–Crippen MR) is 110 cm³/mol. The molecule has 8 nitrogen and oxygen atoms in total. The van der Waals surface area contributed by atoms with Crippen molar-refractivity contribution < 1.29 is 33.2 Å². The summed E-state index contributed by atoms with van der Waals surface area (Å²) in [5.41, 5.74) is 0.750. The molecule has 3 heterocycles. The van der Waals surface area contributed by atoms with Crippen molar-refractivity contribution >= 4 is 16.7 Å². The number of benzene rings is 1. The summed E-state index contributed by atoms with van der Waals surface area (Å²) in [5, 5.41) is 10.1. The Hall–Kier alpha value is -3.49. The Kier molecular flexibility index (Phi) is 5.23. The largest absolute Gasteiger partial charge is 0.508 e. The number of phenols is 1. The molecule has 3 aliphatic rings. The first-order valence-corrected chi connectivity index (χ1v) is 9.95. The minimum atomic E-state index is -0.574. The number of allylic oxidation sites excluding steroid dienone is 4. The topological polar surface area (TPSA) is 96.6 Å². The fourth-order valence-electron chi connectivity index (χ4n) is 3.49. The molecule has 2 aromatic rings. The minimum absolute atomic E-state index is 0.00807. The van der Waals surface area contributed by atoms with Gasteiger partial charge in [0.15, 0.2) is 12.0 Å². The third kappa shape index (κ3) is 3.95. The first-order chi connectivity index (χ1) is 15.2. The first kappa shape index (κ1) is 19.5. The maximum atomic E-state index is 13.2. The standard InChI is InChI=1S/C23H20O8/c24-15-6-7-16-17(10-15)31-22(23(21(16)25)29-13-20-27-8-9-28-20)19-12-26-11-18(30-19)14-4-2-1-3-5-14/h1-2,4,6-7,10-12,20,24H,3,5,8-9,13H2. The highest BCUT2D eigenvalue weighted by Crippen LogP contribution is 2.35. The monoisotopic (exact) mass is 424 g/mol. The van der Waals surface area contributed by atoms with E-state index in [0.717, 1.165) is 18.4 Å². The SMILES string of the molecule is O=c1c(OCC2OCCO2)c(C2=COC=C(C3=CC=CCC3)O2)oc2cc(O)ccc12. The van der Waals surface area contributed by atoms with Crippen molar-refractivity contribution in [3.05, 3.63) is 76.3 Å². The number of rotatable bonds is 5. The molecule has 1 fully saturated rings. The lowest BCUT2D eigenvalue weighted by Gasteiger charge is -2.20. The summed E-state index contributed by atoms with van der Waals surface area (Å²) in [7, 11) is 0. The van der Waals surface area contributed by atoms with Crippen molar-refractivity contribution in [2.75, 3.05) is 19.8 Å². The van der Waals surface area contributed by atoms with Crippen LogP contribution in [0.3, 0.4) is 0 Å². The van der Waals surface area contributed by atoms with Gasteiger partial charge in [-0.3, -0.25) is 4.79 Å². The minimum Gasteiger partial charge on any atom is -0.508 e. The normalized spacial score (nSPS) is 18.8. The van der Waals surface area contributed by atoms with Crippen LogP contribution in [0.4, 0.5) is 0 Å². The van der Waals surface area contributed by atoms with Crippen LogP contribution in [-0.4, -0.2) is 31.2 Å². The Balaban J connectivity index is 1.53. The number of aromatic hydroxyl groups is 1. The number of hydrogen-bond acceptors (Lipinski definition) is 8. The van der Waals surface area contributed by atoms with E-state index in [0.29, 0.717) is 19.0 Å². The maximum Gasteiger partial charge on any atom is 0.235 e. The summed E-state index contributed by atoms with van der Waals surface area (Å²) < 4.78 is 34.0. The second-order valence-electron chi connectivity index (χ2n) is 7.11. The Bertz CT molecular complexity index is 1180. The summed E-state index contributed by atoms with van der Waals surface area (Å²) >= 11 is 0. The van der Waals surface area contributed by atoms with E-state index in [4.69, 9.17) is 28.1 Å². The van der Waals surface area contributed by atoms with Gasteiger partial charge in [-0.15, -0.1) is 0 Å². The Labute approximate surface area is 177 Å². The van der Waals surface area contributed by atoms with Crippen molar-refractivity contribution in [1.82, 2.24) is 0 Å². The van der Waals surface area contributed by atoms with Crippen LogP contribution in [0.15, 0.2) is 69.5 Å². The van der Waals surface area contributed by atoms with Gasteiger partial charge in [-0.25, -0.2) is 0 Å². The molecule has 0 saturated carbocycles. The van der Waals surface area contributed by atoms with E-state index in [1.54, 1.807) is 0 Å². The van der Waals surface area contributed by atoms with Crippen molar-refractivity contribution in [3.8, 4) is 11.5 Å². The average molecular weight is 424 g/mol. The zero-order valence-corrected chi connectivity index (χ0v) is 16.5. The lowest BCUT2D eigenvalue weighted by atomic mass is 10.0. The third-order valence-electron chi connectivity index (χ3n) is 5.01. The van der Waals surface area contributed by atoms with Gasteiger partial charge in [0.25, 0.3) is 0 Å². The summed E-state index contributed by atoms with van der Waals surface area (Å²) in [4.78, 5) is 13.2. The molecule has 0 bridgehead atoms. The molecule has 8 heteroatoms. The van der Waals surface area contributed by atoms with Gasteiger partial charge in [0.1, 0.15) is 30.5 Å². The molecule has 1 aromatic carbocycles. The molecular weight excluding hydrogens is 404 g/mol. The van der Waals surface area contributed by atoms with Gasteiger partial charge in [0, 0.05) is 6.07 Å². The van der Waals surface area contributed by atoms with Gasteiger partial charge in [-0.2, -0.15) is 0 Å². The molecule has 0 unspecified atom stereocenters. The van der Waals surface area contributed by atoms with Crippen LogP contribution in [0.25, 0.3) is 16.7 Å². The predicted octanol–water partition coefficient (Wildman–Crippen LogP) is 3.71. The number of hydrogen-bond donors (Lipinski definition) is 1. The lowest BCUT2D eigenvalue weighted by molar-refractivity contribution is -0.0689. The lowest BCUT2D eigenvalue weighted by Crippen LogP contribution is -2.22. The molecule has 1 aromatic heterocycles. The van der Waals surface area contributed by atoms with E-state index in [1.807, 2.05) is 12.2 Å². The smallest absolute Gasteiger partial charge is 0.235 e. The van der Waals surface area contributed by atoms with Gasteiger partial charge in [-0.1, -0.05) is 18.2 Å². The molecule has 31 heavy (non-hydrogen) atoms. The first-order valence-electron chi connectivity index (χ1n) is 9.95. The summed E-state index contributed by atoms with van der Waals surface area (Å²) in [6, 6.07) is 4.25. The average Bonchev–Trinajstić information content (AvgIpc) is 3.32. The summed E-state index contributed by atoms with van der Waals surface area (Å²) in [6.07, 6.45) is 9.93. The Morgan fingerprint density at radius 2 is 1.97 bits per heavy atom. The summed E-state index contributed by atoms with van der Waals surface area (Å²) in [6.45, 7) is 0.937. The van der Waals surface area contributed by atoms with E-state index >= 15 is 0 Å². The number of fused-ring (bicyclic) bond motifs is 1. The van der Waals surface area contributed by atoms with Crippen LogP contribution < -0.4 is 10.2 Å². The van der Waals surface area contributed by atoms with Crippen LogP contribution in [0.2, 0.25) is 0 Å². The quantitative estimate of drug-likeness (QED) is 0.776. The molecule has 2 aliphatic heterocycles. The second kappa shape index (κ2) is 8.33. The van der Waals surface area contributed by atoms with E-state index in [9.17, 15) is 9.90 Å². The van der Waals surface area contributed by atoms with Crippen LogP contribution in [-0.2, 0) is 18.9 Å². The van der Waals surface area contributed by atoms with E-state index in [2.05, 4.69) is 6.08 Å². The van der Waals surface area contributed by atoms with Crippen molar-refractivity contribution in [2.24, 2.45) is 0 Å². The van der Waals surface area contributed by atoms with Crippen LogP contribution in [0, 0.1) is 0 Å². The summed E-state index contributed by atoms with van der Waals surface area (Å²) in [5.74, 6) is 0.676. The van der Waals surface area contributed by atoms with Gasteiger partial charge in [0.2, 0.25) is 22.7 Å². The van der Waals surface area contributed by atoms with Crippen molar-refractivity contribution in [2.45, 2.75) is 19.1 Å². The van der Waals surface area contributed by atoms with Gasteiger partial charge in [-0.05, 0) is 30.5 Å². The van der Waals surface area contributed by atoms with Crippen LogP contribution in [0.1, 0.15) is 18.6 Å². The second-order valence-corrected chi connectivity index (χ2v) is 7.11. The third-order valence-corrected chi connectivity index (χ3v) is 5.01. The molecule has 0 atom stereocenters. The molecule has 1 aliphatic carbocycles. The van der Waals surface area contributed by atoms with Crippen molar-refractivity contribution in [3.63, 3.8) is 0 Å². The molecule has 0 amide bonds. The van der Waals surface area contributed by atoms with Gasteiger partial charge in [0.05, 0.1) is 18.6 Å². The fraction of sp³-hybridized carbons (Fsp3) is 0.261. The van der Waals surface area contributed by atoms with E-state index in [1.165, 1.54) is 30.7 Å². The van der Waals surface area contributed by atoms with Crippen LogP contribution >= 0.6 is 0 Å².